The van der Waals surface area contributed by atoms with E-state index in [0.717, 1.165) is 30.7 Å². The molecular weight excluding hydrogens is 256 g/mol. The minimum absolute atomic E-state index is 0.0000618. The zero-order valence-electron chi connectivity index (χ0n) is 12.1. The van der Waals surface area contributed by atoms with Gasteiger partial charge in [0, 0.05) is 13.1 Å². The summed E-state index contributed by atoms with van der Waals surface area (Å²) in [5.41, 5.74) is 0. The second-order valence-electron chi connectivity index (χ2n) is 6.43. The zero-order valence-corrected chi connectivity index (χ0v) is 12.1. The molecule has 5 heteroatoms. The van der Waals surface area contributed by atoms with Crippen molar-refractivity contribution in [2.45, 2.75) is 38.2 Å². The summed E-state index contributed by atoms with van der Waals surface area (Å²) in [5, 5.41) is 5.82. The van der Waals surface area contributed by atoms with Crippen molar-refractivity contribution in [2.24, 2.45) is 17.8 Å². The van der Waals surface area contributed by atoms with Crippen LogP contribution in [0, 0.1) is 17.8 Å². The molecule has 1 saturated heterocycles. The van der Waals surface area contributed by atoms with Crippen LogP contribution in [-0.2, 0) is 9.47 Å². The van der Waals surface area contributed by atoms with E-state index in [2.05, 4.69) is 10.6 Å². The maximum Gasteiger partial charge on any atom is 0.314 e. The van der Waals surface area contributed by atoms with Gasteiger partial charge in [-0.1, -0.05) is 6.42 Å². The van der Waals surface area contributed by atoms with E-state index in [9.17, 15) is 4.79 Å². The Bertz CT molecular complexity index is 331. The topological polar surface area (TPSA) is 59.6 Å². The summed E-state index contributed by atoms with van der Waals surface area (Å²) in [6.45, 7) is 3.18. The number of ether oxygens (including phenoxy) is 2. The van der Waals surface area contributed by atoms with Crippen LogP contribution in [0.2, 0.25) is 0 Å². The number of carbonyl (C=O) groups excluding carboxylic acids is 1. The number of rotatable bonds is 5. The fourth-order valence-electron chi connectivity index (χ4n) is 4.02. The van der Waals surface area contributed by atoms with Gasteiger partial charge in [-0.2, -0.15) is 0 Å². The van der Waals surface area contributed by atoms with Gasteiger partial charge in [0.15, 0.2) is 0 Å². The highest BCUT2D eigenvalue weighted by Gasteiger charge is 2.38. The zero-order chi connectivity index (χ0) is 13.8. The van der Waals surface area contributed by atoms with Crippen molar-refractivity contribution in [2.75, 3.05) is 32.9 Å². The molecule has 20 heavy (non-hydrogen) atoms. The predicted molar refractivity (Wildman–Crippen MR) is 75.5 cm³/mol. The molecule has 0 aromatic rings. The Morgan fingerprint density at radius 2 is 2.10 bits per heavy atom. The first kappa shape index (κ1) is 14.1. The summed E-state index contributed by atoms with van der Waals surface area (Å²) in [4.78, 5) is 11.7. The number of amides is 2. The third kappa shape index (κ3) is 3.64. The molecule has 3 aliphatic rings. The van der Waals surface area contributed by atoms with Crippen molar-refractivity contribution in [3.63, 3.8) is 0 Å². The van der Waals surface area contributed by atoms with Crippen LogP contribution >= 0.6 is 0 Å². The summed E-state index contributed by atoms with van der Waals surface area (Å²) in [5.74, 6) is 2.78. The van der Waals surface area contributed by atoms with Crippen LogP contribution in [0.25, 0.3) is 0 Å². The van der Waals surface area contributed by atoms with Crippen LogP contribution in [-0.4, -0.2) is 45.0 Å². The molecule has 114 valence electrons. The van der Waals surface area contributed by atoms with E-state index in [-0.39, 0.29) is 12.1 Å². The van der Waals surface area contributed by atoms with Crippen molar-refractivity contribution in [3.05, 3.63) is 0 Å². The van der Waals surface area contributed by atoms with Crippen molar-refractivity contribution < 1.29 is 14.3 Å². The summed E-state index contributed by atoms with van der Waals surface area (Å²) in [6.07, 6.45) is 6.83. The molecule has 2 amide bonds. The second kappa shape index (κ2) is 6.76. The van der Waals surface area contributed by atoms with Gasteiger partial charge in [0.1, 0.15) is 0 Å². The molecule has 2 N–H and O–H groups in total. The first-order valence-corrected chi connectivity index (χ1v) is 8.02. The fourth-order valence-corrected chi connectivity index (χ4v) is 4.02. The quantitative estimate of drug-likeness (QED) is 0.804. The summed E-state index contributed by atoms with van der Waals surface area (Å²) in [7, 11) is 0. The Balaban J connectivity index is 1.25. The third-order valence-electron chi connectivity index (χ3n) is 5.06. The van der Waals surface area contributed by atoms with Crippen molar-refractivity contribution in [3.8, 4) is 0 Å². The lowest BCUT2D eigenvalue weighted by Crippen LogP contribution is -2.44. The first-order chi connectivity index (χ1) is 9.81. The number of carbonyl (C=O) groups is 1. The molecular formula is C15H26N2O3. The fraction of sp³-hybridized carbons (Fsp3) is 0.933. The average molecular weight is 282 g/mol. The maximum absolute atomic E-state index is 11.7. The molecule has 4 atom stereocenters. The van der Waals surface area contributed by atoms with Gasteiger partial charge in [0.05, 0.1) is 25.9 Å². The molecule has 5 nitrogen and oxygen atoms in total. The lowest BCUT2D eigenvalue weighted by Gasteiger charge is -2.23. The molecule has 0 unspecified atom stereocenters. The van der Waals surface area contributed by atoms with Gasteiger partial charge in [0.2, 0.25) is 0 Å². The Kier molecular flexibility index (Phi) is 4.78. The molecule has 0 spiro atoms. The maximum atomic E-state index is 11.7. The van der Waals surface area contributed by atoms with Crippen LogP contribution < -0.4 is 10.6 Å². The minimum atomic E-state index is -0.0812. The van der Waals surface area contributed by atoms with Crippen LogP contribution in [0.3, 0.4) is 0 Å². The minimum Gasteiger partial charge on any atom is -0.376 e. The lowest BCUT2D eigenvalue weighted by molar-refractivity contribution is -0.0853. The third-order valence-corrected chi connectivity index (χ3v) is 5.06. The van der Waals surface area contributed by atoms with Gasteiger partial charge < -0.3 is 20.1 Å². The van der Waals surface area contributed by atoms with Crippen LogP contribution in [0.4, 0.5) is 4.79 Å². The summed E-state index contributed by atoms with van der Waals surface area (Å²) >= 11 is 0. The molecule has 2 saturated carbocycles. The van der Waals surface area contributed by atoms with E-state index in [1.807, 2.05) is 0 Å². The van der Waals surface area contributed by atoms with Gasteiger partial charge in [-0.25, -0.2) is 4.79 Å². The molecule has 3 rings (SSSR count). The second-order valence-corrected chi connectivity index (χ2v) is 6.43. The largest absolute Gasteiger partial charge is 0.376 e. The molecule has 3 fully saturated rings. The Morgan fingerprint density at radius 3 is 2.80 bits per heavy atom. The Hall–Kier alpha value is -0.810. The number of hydrogen-bond acceptors (Lipinski definition) is 3. The van der Waals surface area contributed by atoms with Crippen LogP contribution in [0.5, 0.6) is 0 Å². The van der Waals surface area contributed by atoms with E-state index in [1.54, 1.807) is 0 Å². The Morgan fingerprint density at radius 1 is 1.15 bits per heavy atom. The number of hydrogen-bond donors (Lipinski definition) is 2. The summed E-state index contributed by atoms with van der Waals surface area (Å²) in [6, 6.07) is -0.0812. The van der Waals surface area contributed by atoms with E-state index < -0.39 is 0 Å². The van der Waals surface area contributed by atoms with Crippen molar-refractivity contribution >= 4 is 6.03 Å². The first-order valence-electron chi connectivity index (χ1n) is 8.02. The normalized spacial score (nSPS) is 36.0. The number of urea groups is 1. The van der Waals surface area contributed by atoms with E-state index in [0.29, 0.717) is 26.4 Å². The highest BCUT2D eigenvalue weighted by atomic mass is 16.6. The predicted octanol–water partition coefficient (Wildman–Crippen LogP) is 1.53. The number of fused-ring (bicyclic) bond motifs is 2. The monoisotopic (exact) mass is 282 g/mol. The molecule has 1 aliphatic heterocycles. The number of nitrogens with one attached hydrogen (secondary N) is 2. The highest BCUT2D eigenvalue weighted by Crippen LogP contribution is 2.49. The molecule has 0 aromatic carbocycles. The lowest BCUT2D eigenvalue weighted by atomic mass is 9.86. The molecule has 2 aliphatic carbocycles. The standard InChI is InChI=1S/C15H26N2O3/c18-15(17-9-14-10-19-5-6-20-14)16-4-3-13-8-11-1-2-12(13)7-11/h11-14H,1-10H2,(H2,16,17,18)/t11-,12-,13+,14-/m0/s1. The molecule has 2 bridgehead atoms. The van der Waals surface area contributed by atoms with E-state index >= 15 is 0 Å². The van der Waals surface area contributed by atoms with Crippen molar-refractivity contribution in [1.29, 1.82) is 0 Å². The molecule has 0 radical (unpaired) electrons. The van der Waals surface area contributed by atoms with Crippen LogP contribution in [0.1, 0.15) is 32.1 Å². The molecule has 1 heterocycles. The van der Waals surface area contributed by atoms with Crippen LogP contribution in [0.15, 0.2) is 0 Å². The summed E-state index contributed by atoms with van der Waals surface area (Å²) < 4.78 is 10.8. The van der Waals surface area contributed by atoms with E-state index in [4.69, 9.17) is 9.47 Å². The van der Waals surface area contributed by atoms with Gasteiger partial charge in [-0.05, 0) is 43.4 Å². The smallest absolute Gasteiger partial charge is 0.314 e. The SMILES string of the molecule is O=C(NCC[C@@H]1C[C@H]2CC[C@H]1C2)NC[C@H]1COCCO1. The van der Waals surface area contributed by atoms with Gasteiger partial charge in [-0.15, -0.1) is 0 Å². The molecule has 0 aromatic heterocycles. The van der Waals surface area contributed by atoms with Gasteiger partial charge in [0.25, 0.3) is 0 Å². The highest BCUT2D eigenvalue weighted by molar-refractivity contribution is 5.73. The van der Waals surface area contributed by atoms with Gasteiger partial charge in [-0.3, -0.25) is 0 Å². The Labute approximate surface area is 120 Å². The van der Waals surface area contributed by atoms with Crippen molar-refractivity contribution in [1.82, 2.24) is 10.6 Å². The van der Waals surface area contributed by atoms with E-state index in [1.165, 1.54) is 25.7 Å². The van der Waals surface area contributed by atoms with Gasteiger partial charge >= 0.3 is 6.03 Å². The average Bonchev–Trinajstić information content (AvgIpc) is 3.09.